The van der Waals surface area contributed by atoms with Crippen molar-refractivity contribution in [3.63, 3.8) is 0 Å². The Morgan fingerprint density at radius 1 is 1.79 bits per heavy atom. The third-order valence-electron chi connectivity index (χ3n) is 2.22. The van der Waals surface area contributed by atoms with Crippen LogP contribution in [0.25, 0.3) is 0 Å². The zero-order chi connectivity index (χ0) is 9.80. The van der Waals surface area contributed by atoms with E-state index in [-0.39, 0.29) is 5.91 Å². The Morgan fingerprint density at radius 2 is 2.71 bits per heavy atom. The van der Waals surface area contributed by atoms with Crippen molar-refractivity contribution in [2.24, 2.45) is 0 Å². The molecule has 0 saturated carbocycles. The van der Waals surface area contributed by atoms with Crippen LogP contribution < -0.4 is 10.6 Å². The molecule has 0 radical (unpaired) electrons. The van der Waals surface area contributed by atoms with Crippen molar-refractivity contribution in [3.05, 3.63) is 6.20 Å². The van der Waals surface area contributed by atoms with E-state index < -0.39 is 0 Å². The third kappa shape index (κ3) is 2.49. The van der Waals surface area contributed by atoms with E-state index in [1.807, 2.05) is 0 Å². The summed E-state index contributed by atoms with van der Waals surface area (Å²) in [7, 11) is 0. The molecule has 0 aliphatic carbocycles. The van der Waals surface area contributed by atoms with Crippen LogP contribution in [0.1, 0.15) is 19.3 Å². The second-order valence-electron chi connectivity index (χ2n) is 3.33. The van der Waals surface area contributed by atoms with Crippen molar-refractivity contribution >= 4 is 22.4 Å². The molecular weight excluding hydrogens is 200 g/mol. The first-order valence-electron chi connectivity index (χ1n) is 4.65. The Bertz CT molecular complexity index is 294. The van der Waals surface area contributed by atoms with Crippen molar-refractivity contribution in [1.82, 2.24) is 14.9 Å². The SMILES string of the molecule is O=C(CC1CCCN1)Nc1cnns1. The predicted molar refractivity (Wildman–Crippen MR) is 54.2 cm³/mol. The first-order valence-corrected chi connectivity index (χ1v) is 5.42. The van der Waals surface area contributed by atoms with Gasteiger partial charge in [-0.15, -0.1) is 5.10 Å². The highest BCUT2D eigenvalue weighted by Gasteiger charge is 2.17. The van der Waals surface area contributed by atoms with Crippen LogP contribution in [-0.2, 0) is 4.79 Å². The van der Waals surface area contributed by atoms with Gasteiger partial charge in [-0.1, -0.05) is 4.49 Å². The van der Waals surface area contributed by atoms with Gasteiger partial charge in [0.15, 0.2) is 0 Å². The van der Waals surface area contributed by atoms with E-state index in [1.54, 1.807) is 6.20 Å². The van der Waals surface area contributed by atoms with E-state index in [0.717, 1.165) is 13.0 Å². The smallest absolute Gasteiger partial charge is 0.226 e. The van der Waals surface area contributed by atoms with Gasteiger partial charge >= 0.3 is 0 Å². The van der Waals surface area contributed by atoms with Crippen molar-refractivity contribution in [1.29, 1.82) is 0 Å². The second-order valence-corrected chi connectivity index (χ2v) is 4.11. The average Bonchev–Trinajstić information content (AvgIpc) is 2.76. The fourth-order valence-corrected chi connectivity index (χ4v) is 2.00. The normalized spacial score (nSPS) is 21.0. The highest BCUT2D eigenvalue weighted by Crippen LogP contribution is 2.12. The molecule has 0 bridgehead atoms. The number of aromatic nitrogens is 2. The van der Waals surface area contributed by atoms with Crippen molar-refractivity contribution in [3.8, 4) is 0 Å². The minimum absolute atomic E-state index is 0.0375. The molecule has 0 aromatic carbocycles. The van der Waals surface area contributed by atoms with Crippen LogP contribution in [0.5, 0.6) is 0 Å². The topological polar surface area (TPSA) is 66.9 Å². The largest absolute Gasteiger partial charge is 0.315 e. The fraction of sp³-hybridized carbons (Fsp3) is 0.625. The summed E-state index contributed by atoms with van der Waals surface area (Å²) in [5.74, 6) is 0.0375. The van der Waals surface area contributed by atoms with Crippen molar-refractivity contribution in [2.45, 2.75) is 25.3 Å². The Kier molecular flexibility index (Phi) is 3.05. The molecule has 5 nitrogen and oxygen atoms in total. The number of hydrogen-bond donors (Lipinski definition) is 2. The predicted octanol–water partition coefficient (Wildman–Crippen LogP) is 0.619. The second kappa shape index (κ2) is 4.47. The van der Waals surface area contributed by atoms with Gasteiger partial charge in [-0.3, -0.25) is 4.79 Å². The number of carbonyl (C=O) groups is 1. The van der Waals surface area contributed by atoms with Gasteiger partial charge in [0, 0.05) is 24.0 Å². The summed E-state index contributed by atoms with van der Waals surface area (Å²) in [5, 5.41) is 10.4. The minimum atomic E-state index is 0.0375. The first kappa shape index (κ1) is 9.54. The Hall–Kier alpha value is -1.01. The van der Waals surface area contributed by atoms with Crippen LogP contribution in [0.3, 0.4) is 0 Å². The van der Waals surface area contributed by atoms with Crippen LogP contribution in [0, 0.1) is 0 Å². The number of carbonyl (C=O) groups excluding carboxylic acids is 1. The van der Waals surface area contributed by atoms with Crippen molar-refractivity contribution < 1.29 is 4.79 Å². The summed E-state index contributed by atoms with van der Waals surface area (Å²) in [5.41, 5.74) is 0. The van der Waals surface area contributed by atoms with E-state index in [1.165, 1.54) is 18.0 Å². The molecule has 2 N–H and O–H groups in total. The lowest BCUT2D eigenvalue weighted by molar-refractivity contribution is -0.116. The third-order valence-corrected chi connectivity index (χ3v) is 2.80. The first-order chi connectivity index (χ1) is 6.84. The summed E-state index contributed by atoms with van der Waals surface area (Å²) in [6.07, 6.45) is 4.36. The molecule has 1 aromatic rings. The van der Waals surface area contributed by atoms with Crippen LogP contribution in [0.15, 0.2) is 6.20 Å². The molecule has 1 atom stereocenters. The van der Waals surface area contributed by atoms with Crippen LogP contribution in [0.2, 0.25) is 0 Å². The lowest BCUT2D eigenvalue weighted by atomic mass is 10.1. The molecule has 14 heavy (non-hydrogen) atoms. The molecule has 1 aliphatic heterocycles. The molecule has 1 unspecified atom stereocenters. The number of nitrogens with one attached hydrogen (secondary N) is 2. The number of amides is 1. The van der Waals surface area contributed by atoms with Crippen LogP contribution in [0.4, 0.5) is 5.00 Å². The minimum Gasteiger partial charge on any atom is -0.315 e. The molecule has 1 amide bonds. The summed E-state index contributed by atoms with van der Waals surface area (Å²) in [6, 6.07) is 0.343. The average molecular weight is 212 g/mol. The van der Waals surface area contributed by atoms with E-state index in [4.69, 9.17) is 0 Å². The van der Waals surface area contributed by atoms with Gasteiger partial charge in [-0.25, -0.2) is 0 Å². The number of hydrogen-bond acceptors (Lipinski definition) is 5. The van der Waals surface area contributed by atoms with Gasteiger partial charge in [-0.05, 0) is 19.4 Å². The zero-order valence-corrected chi connectivity index (χ0v) is 8.51. The molecule has 2 rings (SSSR count). The molecule has 1 saturated heterocycles. The molecule has 0 spiro atoms. The Balaban J connectivity index is 1.78. The van der Waals surface area contributed by atoms with Gasteiger partial charge in [0.05, 0.1) is 6.20 Å². The van der Waals surface area contributed by atoms with Crippen LogP contribution in [-0.4, -0.2) is 28.1 Å². The van der Waals surface area contributed by atoms with E-state index in [0.29, 0.717) is 17.5 Å². The van der Waals surface area contributed by atoms with E-state index in [2.05, 4.69) is 20.2 Å². The molecular formula is C8H12N4OS. The lowest BCUT2D eigenvalue weighted by Crippen LogP contribution is -2.27. The number of rotatable bonds is 3. The van der Waals surface area contributed by atoms with Gasteiger partial charge in [0.25, 0.3) is 0 Å². The standard InChI is InChI=1S/C8H12N4OS/c13-7(4-6-2-1-3-9-6)11-8-5-10-12-14-8/h5-6,9H,1-4H2,(H,11,13). The molecule has 1 fully saturated rings. The molecule has 1 aliphatic rings. The van der Waals surface area contributed by atoms with Gasteiger partial charge in [0.2, 0.25) is 5.91 Å². The quantitative estimate of drug-likeness (QED) is 0.770. The number of nitrogens with zero attached hydrogens (tertiary/aromatic N) is 2. The summed E-state index contributed by atoms with van der Waals surface area (Å²) in [4.78, 5) is 11.5. The summed E-state index contributed by atoms with van der Waals surface area (Å²) >= 11 is 1.20. The lowest BCUT2D eigenvalue weighted by Gasteiger charge is -2.08. The number of anilines is 1. The zero-order valence-electron chi connectivity index (χ0n) is 7.69. The van der Waals surface area contributed by atoms with Gasteiger partial charge < -0.3 is 10.6 Å². The molecule has 1 aromatic heterocycles. The molecule has 6 heteroatoms. The summed E-state index contributed by atoms with van der Waals surface area (Å²) in [6.45, 7) is 1.03. The highest BCUT2D eigenvalue weighted by atomic mass is 32.1. The maximum Gasteiger partial charge on any atom is 0.226 e. The highest BCUT2D eigenvalue weighted by molar-refractivity contribution is 7.10. The maximum absolute atomic E-state index is 11.5. The monoisotopic (exact) mass is 212 g/mol. The van der Waals surface area contributed by atoms with E-state index in [9.17, 15) is 4.79 Å². The van der Waals surface area contributed by atoms with Gasteiger partial charge in [-0.2, -0.15) is 0 Å². The maximum atomic E-state index is 11.5. The molecule has 2 heterocycles. The van der Waals surface area contributed by atoms with Crippen molar-refractivity contribution in [2.75, 3.05) is 11.9 Å². The fourth-order valence-electron chi connectivity index (χ4n) is 1.57. The van der Waals surface area contributed by atoms with Gasteiger partial charge in [0.1, 0.15) is 5.00 Å². The van der Waals surface area contributed by atoms with Crippen LogP contribution >= 0.6 is 11.5 Å². The Labute approximate surface area is 86.1 Å². The van der Waals surface area contributed by atoms with E-state index >= 15 is 0 Å². The Morgan fingerprint density at radius 3 is 3.36 bits per heavy atom. The summed E-state index contributed by atoms with van der Waals surface area (Å²) < 4.78 is 3.67. The molecule has 76 valence electrons.